The molecule has 3 heterocycles. The third kappa shape index (κ3) is 2.18. The van der Waals surface area contributed by atoms with Crippen molar-refractivity contribution in [1.82, 2.24) is 9.47 Å². The maximum atomic E-state index is 12.7. The predicted octanol–water partition coefficient (Wildman–Crippen LogP) is 2.03. The Morgan fingerprint density at radius 1 is 1.37 bits per heavy atom. The van der Waals surface area contributed by atoms with Gasteiger partial charge in [0.1, 0.15) is 5.69 Å². The van der Waals surface area contributed by atoms with Crippen molar-refractivity contribution in [2.45, 2.75) is 63.8 Å². The van der Waals surface area contributed by atoms with E-state index in [1.165, 1.54) is 0 Å². The fourth-order valence-corrected chi connectivity index (χ4v) is 3.66. The number of amides is 1. The summed E-state index contributed by atoms with van der Waals surface area (Å²) in [6.07, 6.45) is 6.37. The largest absolute Gasteiger partial charge is 0.393 e. The molecule has 0 aromatic carbocycles. The maximum Gasteiger partial charge on any atom is 0.270 e. The van der Waals surface area contributed by atoms with Gasteiger partial charge in [0, 0.05) is 24.8 Å². The first-order chi connectivity index (χ1) is 9.20. The molecule has 0 spiro atoms. The van der Waals surface area contributed by atoms with Crippen LogP contribution in [0.5, 0.6) is 0 Å². The highest BCUT2D eigenvalue weighted by Crippen LogP contribution is 2.36. The molecule has 2 aliphatic heterocycles. The number of fused-ring (bicyclic) bond motifs is 2. The topological polar surface area (TPSA) is 45.5 Å². The lowest BCUT2D eigenvalue weighted by molar-refractivity contribution is 0.0279. The number of aromatic nitrogens is 1. The molecule has 0 aliphatic carbocycles. The molecule has 2 atom stereocenters. The van der Waals surface area contributed by atoms with Gasteiger partial charge in [-0.2, -0.15) is 0 Å². The molecule has 0 radical (unpaired) electrons. The van der Waals surface area contributed by atoms with Gasteiger partial charge in [0.25, 0.3) is 5.91 Å². The van der Waals surface area contributed by atoms with E-state index in [9.17, 15) is 9.90 Å². The zero-order chi connectivity index (χ0) is 13.4. The van der Waals surface area contributed by atoms with E-state index in [0.29, 0.717) is 0 Å². The van der Waals surface area contributed by atoms with E-state index in [0.717, 1.165) is 44.3 Å². The van der Waals surface area contributed by atoms with Crippen LogP contribution in [-0.2, 0) is 6.54 Å². The molecule has 4 heteroatoms. The Balaban J connectivity index is 1.82. The van der Waals surface area contributed by atoms with E-state index in [1.54, 1.807) is 0 Å². The summed E-state index contributed by atoms with van der Waals surface area (Å²) in [5.74, 6) is 0.151. The lowest BCUT2D eigenvalue weighted by Crippen LogP contribution is -2.48. The molecule has 3 rings (SSSR count). The standard InChI is InChI=1S/C15H22N2O2/c1-2-7-16-8-3-4-14(16)15(19)17-11-5-6-12(17)10-13(18)9-11/h3-4,8,11-13,18H,2,5-7,9-10H2,1H3. The summed E-state index contributed by atoms with van der Waals surface area (Å²) < 4.78 is 2.05. The smallest absolute Gasteiger partial charge is 0.270 e. The molecule has 2 fully saturated rings. The quantitative estimate of drug-likeness (QED) is 0.906. The number of hydrogen-bond donors (Lipinski definition) is 1. The first-order valence-corrected chi connectivity index (χ1v) is 7.36. The number of aliphatic hydroxyl groups excluding tert-OH is 1. The van der Waals surface area contributed by atoms with Crippen molar-refractivity contribution in [2.24, 2.45) is 0 Å². The van der Waals surface area contributed by atoms with Crippen LogP contribution in [-0.4, -0.2) is 38.7 Å². The third-order valence-corrected chi connectivity index (χ3v) is 4.46. The van der Waals surface area contributed by atoms with Crippen LogP contribution in [0.4, 0.5) is 0 Å². The summed E-state index contributed by atoms with van der Waals surface area (Å²) in [6.45, 7) is 3.01. The van der Waals surface area contributed by atoms with Crippen molar-refractivity contribution < 1.29 is 9.90 Å². The van der Waals surface area contributed by atoms with E-state index in [-0.39, 0.29) is 24.1 Å². The van der Waals surface area contributed by atoms with E-state index in [1.807, 2.05) is 27.8 Å². The van der Waals surface area contributed by atoms with Crippen LogP contribution < -0.4 is 0 Å². The maximum absolute atomic E-state index is 12.7. The van der Waals surface area contributed by atoms with Gasteiger partial charge >= 0.3 is 0 Å². The van der Waals surface area contributed by atoms with Crippen molar-refractivity contribution in [3.05, 3.63) is 24.0 Å². The highest BCUT2D eigenvalue weighted by molar-refractivity contribution is 5.93. The molecular weight excluding hydrogens is 240 g/mol. The second-order valence-corrected chi connectivity index (χ2v) is 5.81. The zero-order valence-corrected chi connectivity index (χ0v) is 11.5. The van der Waals surface area contributed by atoms with Gasteiger partial charge in [0.15, 0.2) is 0 Å². The average molecular weight is 262 g/mol. The number of carbonyl (C=O) groups excluding carboxylic acids is 1. The molecule has 104 valence electrons. The van der Waals surface area contributed by atoms with Crippen molar-refractivity contribution in [1.29, 1.82) is 0 Å². The predicted molar refractivity (Wildman–Crippen MR) is 72.9 cm³/mol. The summed E-state index contributed by atoms with van der Waals surface area (Å²) in [5, 5.41) is 9.82. The number of carbonyl (C=O) groups is 1. The number of aryl methyl sites for hydroxylation is 1. The Hall–Kier alpha value is -1.29. The highest BCUT2D eigenvalue weighted by atomic mass is 16.3. The molecule has 0 saturated carbocycles. The third-order valence-electron chi connectivity index (χ3n) is 4.46. The second-order valence-electron chi connectivity index (χ2n) is 5.81. The van der Waals surface area contributed by atoms with E-state index >= 15 is 0 Å². The van der Waals surface area contributed by atoms with Crippen molar-refractivity contribution >= 4 is 5.91 Å². The first-order valence-electron chi connectivity index (χ1n) is 7.36. The van der Waals surface area contributed by atoms with Gasteiger partial charge < -0.3 is 14.6 Å². The minimum absolute atomic E-state index is 0.151. The number of hydrogen-bond acceptors (Lipinski definition) is 2. The average Bonchev–Trinajstić information content (AvgIpc) is 2.93. The van der Waals surface area contributed by atoms with E-state index < -0.39 is 0 Å². The van der Waals surface area contributed by atoms with Crippen LogP contribution in [0.2, 0.25) is 0 Å². The van der Waals surface area contributed by atoms with Gasteiger partial charge in [0.05, 0.1) is 6.10 Å². The molecule has 2 saturated heterocycles. The van der Waals surface area contributed by atoms with E-state index in [2.05, 4.69) is 6.92 Å². The summed E-state index contributed by atoms with van der Waals surface area (Å²) in [6, 6.07) is 4.35. The summed E-state index contributed by atoms with van der Waals surface area (Å²) >= 11 is 0. The van der Waals surface area contributed by atoms with Crippen LogP contribution in [0.1, 0.15) is 49.5 Å². The van der Waals surface area contributed by atoms with Gasteiger partial charge in [-0.15, -0.1) is 0 Å². The molecule has 1 aromatic rings. The Labute approximate surface area is 114 Å². The molecule has 1 aromatic heterocycles. The molecule has 1 N–H and O–H groups in total. The summed E-state index contributed by atoms with van der Waals surface area (Å²) in [5.41, 5.74) is 0.801. The van der Waals surface area contributed by atoms with Crippen molar-refractivity contribution in [3.63, 3.8) is 0 Å². The van der Waals surface area contributed by atoms with Gasteiger partial charge in [-0.25, -0.2) is 0 Å². The highest BCUT2D eigenvalue weighted by Gasteiger charge is 2.43. The van der Waals surface area contributed by atoms with Crippen LogP contribution in [0.3, 0.4) is 0 Å². The van der Waals surface area contributed by atoms with Crippen molar-refractivity contribution in [3.8, 4) is 0 Å². The SMILES string of the molecule is CCCn1cccc1C(=O)N1C2CCC1CC(O)C2. The Morgan fingerprint density at radius 3 is 2.68 bits per heavy atom. The molecule has 2 aliphatic rings. The number of rotatable bonds is 3. The van der Waals surface area contributed by atoms with Crippen molar-refractivity contribution in [2.75, 3.05) is 0 Å². The Bertz CT molecular complexity index is 454. The van der Waals surface area contributed by atoms with Crippen LogP contribution in [0.25, 0.3) is 0 Å². The van der Waals surface area contributed by atoms with Gasteiger partial charge in [-0.3, -0.25) is 4.79 Å². The monoisotopic (exact) mass is 262 g/mol. The summed E-state index contributed by atoms with van der Waals surface area (Å²) in [7, 11) is 0. The molecule has 4 nitrogen and oxygen atoms in total. The lowest BCUT2D eigenvalue weighted by atomic mass is 9.99. The van der Waals surface area contributed by atoms with Crippen LogP contribution in [0, 0.1) is 0 Å². The minimum atomic E-state index is -0.219. The normalized spacial score (nSPS) is 29.8. The minimum Gasteiger partial charge on any atom is -0.393 e. The van der Waals surface area contributed by atoms with E-state index in [4.69, 9.17) is 0 Å². The molecule has 2 unspecified atom stereocenters. The molecule has 1 amide bonds. The molecular formula is C15H22N2O2. The number of aliphatic hydroxyl groups is 1. The van der Waals surface area contributed by atoms with Crippen LogP contribution >= 0.6 is 0 Å². The lowest BCUT2D eigenvalue weighted by Gasteiger charge is -2.37. The zero-order valence-electron chi connectivity index (χ0n) is 11.5. The first kappa shape index (κ1) is 12.7. The molecule has 19 heavy (non-hydrogen) atoms. The van der Waals surface area contributed by atoms with Gasteiger partial charge in [0.2, 0.25) is 0 Å². The second kappa shape index (κ2) is 5.00. The van der Waals surface area contributed by atoms with Gasteiger partial charge in [-0.1, -0.05) is 6.92 Å². The van der Waals surface area contributed by atoms with Crippen LogP contribution in [0.15, 0.2) is 18.3 Å². The number of nitrogens with zero attached hydrogens (tertiary/aromatic N) is 2. The Kier molecular flexibility index (Phi) is 3.35. The fourth-order valence-electron chi connectivity index (χ4n) is 3.66. The summed E-state index contributed by atoms with van der Waals surface area (Å²) in [4.78, 5) is 14.8. The molecule has 2 bridgehead atoms. The number of piperidine rings is 1. The fraction of sp³-hybridized carbons (Fsp3) is 0.667. The Morgan fingerprint density at radius 2 is 2.05 bits per heavy atom. The van der Waals surface area contributed by atoms with Gasteiger partial charge in [-0.05, 0) is 44.2 Å².